The predicted molar refractivity (Wildman–Crippen MR) is 93.8 cm³/mol. The summed E-state index contributed by atoms with van der Waals surface area (Å²) in [6.07, 6.45) is 0.538. The van der Waals surface area contributed by atoms with Gasteiger partial charge >= 0.3 is 15.8 Å². The van der Waals surface area contributed by atoms with Crippen molar-refractivity contribution in [2.75, 3.05) is 0 Å². The number of guanidine groups is 1. The molecule has 0 heterocycles. The van der Waals surface area contributed by atoms with Crippen LogP contribution in [0.25, 0.3) is 0 Å². The van der Waals surface area contributed by atoms with Crippen molar-refractivity contribution in [3.63, 3.8) is 0 Å². The third kappa shape index (κ3) is 4.83. The van der Waals surface area contributed by atoms with E-state index in [0.717, 1.165) is 5.56 Å². The van der Waals surface area contributed by atoms with Gasteiger partial charge in [-0.3, -0.25) is 15.5 Å². The maximum absolute atomic E-state index is 13.6. The summed E-state index contributed by atoms with van der Waals surface area (Å²) in [5.41, 5.74) is 4.23. The fourth-order valence-electron chi connectivity index (χ4n) is 1.95. The minimum Gasteiger partial charge on any atom is -0.367 e. The summed E-state index contributed by atoms with van der Waals surface area (Å²) in [5.74, 6) is -3.60. The first-order valence-electron chi connectivity index (χ1n) is 7.34. The molecule has 0 unspecified atom stereocenters. The third-order valence-electron chi connectivity index (χ3n) is 3.23. The Kier molecular flexibility index (Phi) is 6.00. The van der Waals surface area contributed by atoms with Gasteiger partial charge in [0, 0.05) is 6.07 Å². The number of hydrogen-bond donors (Lipinski definition) is 2. The lowest BCUT2D eigenvalue weighted by molar-refractivity contribution is -0.387. The van der Waals surface area contributed by atoms with Crippen molar-refractivity contribution >= 4 is 28.0 Å². The largest absolute Gasteiger partial charge is 0.367 e. The van der Waals surface area contributed by atoms with Crippen molar-refractivity contribution in [1.82, 2.24) is 5.17 Å². The van der Waals surface area contributed by atoms with Crippen molar-refractivity contribution in [2.45, 2.75) is 11.8 Å². The van der Waals surface area contributed by atoms with E-state index >= 15 is 0 Å². The van der Waals surface area contributed by atoms with Gasteiger partial charge in [0.1, 0.15) is 5.82 Å². The van der Waals surface area contributed by atoms with Crippen molar-refractivity contribution in [2.24, 2.45) is 10.8 Å². The second-order valence-electron chi connectivity index (χ2n) is 5.33. The maximum Gasteiger partial charge on any atom is 0.319 e. The van der Waals surface area contributed by atoms with Crippen molar-refractivity contribution in [1.29, 1.82) is 5.41 Å². The Morgan fingerprint density at radius 2 is 1.93 bits per heavy atom. The summed E-state index contributed by atoms with van der Waals surface area (Å²) in [6.45, 7) is 1.73. The van der Waals surface area contributed by atoms with E-state index in [0.29, 0.717) is 18.3 Å². The number of nitrogens with one attached hydrogen (secondary N) is 1. The predicted octanol–water partition coefficient (Wildman–Crippen LogP) is 2.03. The van der Waals surface area contributed by atoms with E-state index in [9.17, 15) is 27.3 Å². The number of hydrogen-bond acceptors (Lipinski definition) is 7. The van der Waals surface area contributed by atoms with E-state index < -0.39 is 43.9 Å². The molecule has 0 saturated carbocycles. The van der Waals surface area contributed by atoms with Gasteiger partial charge in [0.2, 0.25) is 11.8 Å². The smallest absolute Gasteiger partial charge is 0.319 e. The van der Waals surface area contributed by atoms with Crippen molar-refractivity contribution in [3.05, 3.63) is 69.3 Å². The monoisotopic (exact) mass is 413 g/mol. The molecule has 2 aromatic rings. The normalized spacial score (nSPS) is 11.5. The molecule has 0 aromatic heterocycles. The Labute approximate surface area is 157 Å². The van der Waals surface area contributed by atoms with E-state index in [1.165, 1.54) is 24.3 Å². The molecule has 148 valence electrons. The second kappa shape index (κ2) is 8.06. The highest BCUT2D eigenvalue weighted by atomic mass is 32.2. The molecule has 0 fully saturated rings. The number of hydroxylamine groups is 1. The Balaban J connectivity index is 2.37. The number of benzene rings is 2. The molecule has 0 aliphatic heterocycles. The number of nitro benzene ring substituents is 1. The summed E-state index contributed by atoms with van der Waals surface area (Å²) in [4.78, 5) is 9.56. The molecule has 28 heavy (non-hydrogen) atoms. The Morgan fingerprint density at radius 1 is 1.32 bits per heavy atom. The topological polar surface area (TPSA) is 152 Å². The molecule has 2 rings (SSSR count). The van der Waals surface area contributed by atoms with Crippen LogP contribution in [0.1, 0.15) is 11.1 Å². The van der Waals surface area contributed by atoms with Crippen LogP contribution in [-0.4, -0.2) is 30.7 Å². The van der Waals surface area contributed by atoms with Crippen molar-refractivity contribution < 1.29 is 26.4 Å². The summed E-state index contributed by atoms with van der Waals surface area (Å²) in [6, 6.07) is 6.36. The van der Waals surface area contributed by atoms with Crippen LogP contribution < -0.4 is 5.73 Å². The molecule has 0 radical (unpaired) electrons. The van der Waals surface area contributed by atoms with E-state index in [4.69, 9.17) is 11.1 Å². The fourth-order valence-corrected chi connectivity index (χ4v) is 2.81. The number of halogens is 2. The van der Waals surface area contributed by atoms with Crippen LogP contribution in [0.2, 0.25) is 0 Å². The summed E-state index contributed by atoms with van der Waals surface area (Å²) >= 11 is 0. The zero-order chi connectivity index (χ0) is 21.1. The molecule has 0 bridgehead atoms. The Hall–Kier alpha value is -3.45. The molecule has 3 N–H and O–H groups in total. The molecule has 2 aromatic carbocycles. The van der Waals surface area contributed by atoms with Crippen molar-refractivity contribution in [3.8, 4) is 0 Å². The average molecular weight is 413 g/mol. The number of aryl methyl sites for hydroxylation is 1. The standard InChI is InChI=1S/C15H13F2N5O5S/c1-9-2-4-12(5-3-9)28(25,26)27-21(15(18)19)20-8-10-6-11(16)7-13(17)14(10)22(23)24/h2-8H,1H3,(H3,18,19). The molecule has 0 atom stereocenters. The second-order valence-corrected chi connectivity index (χ2v) is 6.86. The number of nitro groups is 1. The number of nitrogens with two attached hydrogens (primary N) is 1. The Morgan fingerprint density at radius 3 is 2.46 bits per heavy atom. The first kappa shape index (κ1) is 20.9. The number of nitrogens with zero attached hydrogens (tertiary/aromatic N) is 3. The SMILES string of the molecule is Cc1ccc(S(=O)(=O)ON(N=Cc2cc(F)cc(F)c2[N+](=O)[O-])C(=N)N)cc1. The van der Waals surface area contributed by atoms with Crippen LogP contribution >= 0.6 is 0 Å². The lowest BCUT2D eigenvalue weighted by Gasteiger charge is -2.15. The first-order chi connectivity index (χ1) is 13.0. The highest BCUT2D eigenvalue weighted by Gasteiger charge is 2.24. The average Bonchev–Trinajstić information content (AvgIpc) is 2.57. The summed E-state index contributed by atoms with van der Waals surface area (Å²) < 4.78 is 56.0. The molecule has 10 nitrogen and oxygen atoms in total. The van der Waals surface area contributed by atoms with Crippen LogP contribution in [-0.2, 0) is 14.4 Å². The minimum absolute atomic E-state index is 0.0295. The van der Waals surface area contributed by atoms with E-state index in [1.54, 1.807) is 6.92 Å². The molecule has 0 aliphatic carbocycles. The van der Waals surface area contributed by atoms with Gasteiger partial charge in [-0.05, 0) is 25.1 Å². The van der Waals surface area contributed by atoms with Gasteiger partial charge in [-0.25, -0.2) is 4.39 Å². The molecule has 0 saturated heterocycles. The summed E-state index contributed by atoms with van der Waals surface area (Å²) in [7, 11) is -4.46. The third-order valence-corrected chi connectivity index (χ3v) is 4.41. The van der Waals surface area contributed by atoms with Gasteiger partial charge in [0.15, 0.2) is 0 Å². The fraction of sp³-hybridized carbons (Fsp3) is 0.0667. The van der Waals surface area contributed by atoms with Crippen LogP contribution in [0, 0.1) is 34.1 Å². The molecule has 0 spiro atoms. The lowest BCUT2D eigenvalue weighted by Crippen LogP contribution is -2.34. The highest BCUT2D eigenvalue weighted by Crippen LogP contribution is 2.23. The molecule has 0 amide bonds. The molecular formula is C15H13F2N5O5S. The van der Waals surface area contributed by atoms with Crippen LogP contribution in [0.3, 0.4) is 0 Å². The molecule has 0 aliphatic rings. The van der Waals surface area contributed by atoms with Gasteiger partial charge < -0.3 is 5.73 Å². The quantitative estimate of drug-likeness (QED) is 0.318. The van der Waals surface area contributed by atoms with E-state index in [-0.39, 0.29) is 10.1 Å². The van der Waals surface area contributed by atoms with Gasteiger partial charge in [-0.2, -0.15) is 12.8 Å². The van der Waals surface area contributed by atoms with Crippen LogP contribution in [0.15, 0.2) is 46.4 Å². The Bertz CT molecular complexity index is 1060. The van der Waals surface area contributed by atoms with E-state index in [1.807, 2.05) is 0 Å². The number of rotatable bonds is 6. The van der Waals surface area contributed by atoms with Gasteiger partial charge in [-0.1, -0.05) is 22.9 Å². The van der Waals surface area contributed by atoms with Gasteiger partial charge in [-0.15, -0.1) is 9.39 Å². The van der Waals surface area contributed by atoms with Crippen LogP contribution in [0.5, 0.6) is 0 Å². The van der Waals surface area contributed by atoms with Gasteiger partial charge in [0.05, 0.1) is 21.6 Å². The first-order valence-corrected chi connectivity index (χ1v) is 8.75. The van der Waals surface area contributed by atoms with Gasteiger partial charge in [0.25, 0.3) is 0 Å². The van der Waals surface area contributed by atoms with E-state index in [2.05, 4.69) is 9.39 Å². The zero-order valence-corrected chi connectivity index (χ0v) is 15.0. The minimum atomic E-state index is -4.46. The summed E-state index contributed by atoms with van der Waals surface area (Å²) in [5, 5.41) is 21.7. The highest BCUT2D eigenvalue weighted by molar-refractivity contribution is 7.86. The zero-order valence-electron chi connectivity index (χ0n) is 14.2. The maximum atomic E-state index is 13.6. The number of hydrazone groups is 1. The van der Waals surface area contributed by atoms with Crippen LogP contribution in [0.4, 0.5) is 14.5 Å². The molecule has 13 heteroatoms. The lowest BCUT2D eigenvalue weighted by atomic mass is 10.2. The molecular weight excluding hydrogens is 400 g/mol.